The fourth-order valence-electron chi connectivity index (χ4n) is 2.29. The molecular weight excluding hydrogens is 162 g/mol. The fraction of sp³-hybridized carbons (Fsp3) is 1.00. The predicted molar refractivity (Wildman–Crippen MR) is 53.7 cm³/mol. The van der Waals surface area contributed by atoms with Gasteiger partial charge in [0.25, 0.3) is 0 Å². The molecule has 2 aliphatic rings. The highest BCUT2D eigenvalue weighted by molar-refractivity contribution is 4.77. The van der Waals surface area contributed by atoms with Crippen molar-refractivity contribution in [2.75, 3.05) is 19.7 Å². The van der Waals surface area contributed by atoms with Crippen LogP contribution in [0.2, 0.25) is 0 Å². The van der Waals surface area contributed by atoms with Crippen molar-refractivity contribution in [3.05, 3.63) is 0 Å². The molecule has 2 rings (SSSR count). The maximum Gasteiger partial charge on any atom is 0.0580 e. The van der Waals surface area contributed by atoms with Gasteiger partial charge in [0.2, 0.25) is 0 Å². The van der Waals surface area contributed by atoms with Gasteiger partial charge >= 0.3 is 0 Å². The van der Waals surface area contributed by atoms with E-state index in [1.807, 2.05) is 0 Å². The Morgan fingerprint density at radius 2 is 1.92 bits per heavy atom. The number of nitrogens with one attached hydrogen (secondary N) is 1. The second-order valence-corrected chi connectivity index (χ2v) is 4.73. The zero-order chi connectivity index (χ0) is 9.10. The van der Waals surface area contributed by atoms with E-state index >= 15 is 0 Å². The molecule has 13 heavy (non-hydrogen) atoms. The average molecular weight is 183 g/mol. The monoisotopic (exact) mass is 183 g/mol. The first-order chi connectivity index (χ1) is 6.34. The van der Waals surface area contributed by atoms with E-state index in [2.05, 4.69) is 12.2 Å². The topological polar surface area (TPSA) is 21.3 Å². The van der Waals surface area contributed by atoms with Gasteiger partial charge in [0.1, 0.15) is 0 Å². The van der Waals surface area contributed by atoms with Crippen molar-refractivity contribution in [1.29, 1.82) is 0 Å². The van der Waals surface area contributed by atoms with E-state index in [0.29, 0.717) is 6.10 Å². The minimum absolute atomic E-state index is 0.602. The number of hydrogen-bond acceptors (Lipinski definition) is 2. The maximum absolute atomic E-state index is 5.86. The predicted octanol–water partition coefficient (Wildman–Crippen LogP) is 1.80. The Kier molecular flexibility index (Phi) is 3.23. The average Bonchev–Trinajstić information content (AvgIpc) is 2.12. The second kappa shape index (κ2) is 4.43. The Hall–Kier alpha value is -0.0800. The second-order valence-electron chi connectivity index (χ2n) is 4.73. The molecule has 1 saturated carbocycles. The van der Waals surface area contributed by atoms with Crippen LogP contribution < -0.4 is 5.32 Å². The fourth-order valence-corrected chi connectivity index (χ4v) is 2.29. The molecule has 1 heterocycles. The molecule has 2 nitrogen and oxygen atoms in total. The third kappa shape index (κ3) is 2.68. The van der Waals surface area contributed by atoms with Crippen LogP contribution in [0.1, 0.15) is 32.6 Å². The Morgan fingerprint density at radius 3 is 2.54 bits per heavy atom. The standard InChI is InChI=1S/C11H21NO/c1-9-6-11(7-9)13-8-10-2-4-12-5-3-10/h9-12H,2-8H2,1H3/t9-,11-. The molecule has 76 valence electrons. The summed E-state index contributed by atoms with van der Waals surface area (Å²) in [6.45, 7) is 5.70. The van der Waals surface area contributed by atoms with E-state index in [1.165, 1.54) is 38.8 Å². The maximum atomic E-state index is 5.86. The van der Waals surface area contributed by atoms with E-state index in [1.54, 1.807) is 0 Å². The van der Waals surface area contributed by atoms with Crippen LogP contribution in [0.15, 0.2) is 0 Å². The van der Waals surface area contributed by atoms with Gasteiger partial charge in [0.05, 0.1) is 6.10 Å². The van der Waals surface area contributed by atoms with E-state index in [0.717, 1.165) is 18.4 Å². The zero-order valence-corrected chi connectivity index (χ0v) is 8.59. The highest BCUT2D eigenvalue weighted by Crippen LogP contribution is 2.30. The summed E-state index contributed by atoms with van der Waals surface area (Å²) in [6, 6.07) is 0. The van der Waals surface area contributed by atoms with Crippen molar-refractivity contribution < 1.29 is 4.74 Å². The summed E-state index contributed by atoms with van der Waals surface area (Å²) < 4.78 is 5.86. The van der Waals surface area contributed by atoms with E-state index < -0.39 is 0 Å². The number of hydrogen-bond donors (Lipinski definition) is 1. The Balaban J connectivity index is 1.56. The minimum Gasteiger partial charge on any atom is -0.378 e. The number of ether oxygens (including phenoxy) is 1. The molecule has 0 aromatic rings. The first-order valence-electron chi connectivity index (χ1n) is 5.67. The highest BCUT2D eigenvalue weighted by Gasteiger charge is 2.26. The minimum atomic E-state index is 0.602. The number of rotatable bonds is 3. The molecule has 0 radical (unpaired) electrons. The van der Waals surface area contributed by atoms with Crippen molar-refractivity contribution in [2.45, 2.75) is 38.7 Å². The van der Waals surface area contributed by atoms with Crippen LogP contribution in [-0.2, 0) is 4.74 Å². The van der Waals surface area contributed by atoms with Crippen LogP contribution in [0.25, 0.3) is 0 Å². The lowest BCUT2D eigenvalue weighted by Crippen LogP contribution is -2.34. The van der Waals surface area contributed by atoms with Crippen LogP contribution in [-0.4, -0.2) is 25.8 Å². The quantitative estimate of drug-likeness (QED) is 0.720. The van der Waals surface area contributed by atoms with Gasteiger partial charge in [0, 0.05) is 6.61 Å². The molecule has 1 N–H and O–H groups in total. The molecule has 1 aliphatic carbocycles. The molecule has 0 spiro atoms. The first-order valence-corrected chi connectivity index (χ1v) is 5.67. The highest BCUT2D eigenvalue weighted by atomic mass is 16.5. The summed E-state index contributed by atoms with van der Waals surface area (Å²) >= 11 is 0. The van der Waals surface area contributed by atoms with Crippen LogP contribution in [0.5, 0.6) is 0 Å². The summed E-state index contributed by atoms with van der Waals surface area (Å²) in [4.78, 5) is 0. The molecule has 0 atom stereocenters. The molecule has 2 heteroatoms. The van der Waals surface area contributed by atoms with E-state index in [4.69, 9.17) is 4.74 Å². The van der Waals surface area contributed by atoms with Gasteiger partial charge in [-0.2, -0.15) is 0 Å². The lowest BCUT2D eigenvalue weighted by atomic mass is 9.84. The zero-order valence-electron chi connectivity index (χ0n) is 8.59. The molecule has 0 unspecified atom stereocenters. The largest absolute Gasteiger partial charge is 0.378 e. The van der Waals surface area contributed by atoms with Gasteiger partial charge in [-0.05, 0) is 50.6 Å². The lowest BCUT2D eigenvalue weighted by molar-refractivity contribution is -0.0436. The Bertz CT molecular complexity index is 148. The Morgan fingerprint density at radius 1 is 1.23 bits per heavy atom. The van der Waals surface area contributed by atoms with Gasteiger partial charge in [-0.15, -0.1) is 0 Å². The van der Waals surface area contributed by atoms with Crippen molar-refractivity contribution in [3.63, 3.8) is 0 Å². The Labute approximate surface area is 81.0 Å². The van der Waals surface area contributed by atoms with Crippen molar-refractivity contribution in [3.8, 4) is 0 Å². The molecule has 2 fully saturated rings. The van der Waals surface area contributed by atoms with Gasteiger partial charge in [-0.1, -0.05) is 6.92 Å². The summed E-state index contributed by atoms with van der Waals surface area (Å²) in [5, 5.41) is 3.38. The van der Waals surface area contributed by atoms with Crippen LogP contribution >= 0.6 is 0 Å². The van der Waals surface area contributed by atoms with Crippen molar-refractivity contribution >= 4 is 0 Å². The molecule has 0 bridgehead atoms. The first kappa shape index (κ1) is 9.47. The van der Waals surface area contributed by atoms with Crippen LogP contribution in [0, 0.1) is 11.8 Å². The summed E-state index contributed by atoms with van der Waals surface area (Å²) in [7, 11) is 0. The summed E-state index contributed by atoms with van der Waals surface area (Å²) in [5.41, 5.74) is 0. The van der Waals surface area contributed by atoms with Gasteiger partial charge < -0.3 is 10.1 Å². The smallest absolute Gasteiger partial charge is 0.0580 e. The van der Waals surface area contributed by atoms with Gasteiger partial charge in [-0.3, -0.25) is 0 Å². The summed E-state index contributed by atoms with van der Waals surface area (Å²) in [5.74, 6) is 1.75. The molecule has 0 aromatic heterocycles. The van der Waals surface area contributed by atoms with Crippen molar-refractivity contribution in [2.24, 2.45) is 11.8 Å². The lowest BCUT2D eigenvalue weighted by Gasteiger charge is -2.34. The molecule has 1 saturated heterocycles. The van der Waals surface area contributed by atoms with Gasteiger partial charge in [-0.25, -0.2) is 0 Å². The SMILES string of the molecule is C[C@H]1C[C@H](OCC2CCNCC2)C1. The normalized spacial score (nSPS) is 35.8. The van der Waals surface area contributed by atoms with E-state index in [-0.39, 0.29) is 0 Å². The third-order valence-electron chi connectivity index (χ3n) is 3.36. The van der Waals surface area contributed by atoms with Crippen LogP contribution in [0.4, 0.5) is 0 Å². The van der Waals surface area contributed by atoms with Crippen molar-refractivity contribution in [1.82, 2.24) is 5.32 Å². The van der Waals surface area contributed by atoms with E-state index in [9.17, 15) is 0 Å². The summed E-state index contributed by atoms with van der Waals surface area (Å²) in [6.07, 6.45) is 5.81. The van der Waals surface area contributed by atoms with Gasteiger partial charge in [0.15, 0.2) is 0 Å². The molecule has 0 aromatic carbocycles. The number of piperidine rings is 1. The molecule has 1 aliphatic heterocycles. The van der Waals surface area contributed by atoms with Crippen LogP contribution in [0.3, 0.4) is 0 Å². The molecular formula is C11H21NO. The molecule has 0 amide bonds. The third-order valence-corrected chi connectivity index (χ3v) is 3.36.